The van der Waals surface area contributed by atoms with Crippen LogP contribution in [0.25, 0.3) is 0 Å². The van der Waals surface area contributed by atoms with Crippen LogP contribution in [0.1, 0.15) is 25.1 Å². The van der Waals surface area contributed by atoms with Crippen molar-refractivity contribution in [3.8, 4) is 0 Å². The summed E-state index contributed by atoms with van der Waals surface area (Å²) in [5.74, 6) is 0. The molecule has 0 saturated heterocycles. The van der Waals surface area contributed by atoms with Crippen LogP contribution in [0.5, 0.6) is 0 Å². The first-order valence-electron chi connectivity index (χ1n) is 4.22. The van der Waals surface area contributed by atoms with Crippen LogP contribution < -0.4 is 0 Å². The van der Waals surface area contributed by atoms with E-state index in [0.717, 1.165) is 0 Å². The second-order valence-electron chi connectivity index (χ2n) is 3.90. The second-order valence-corrected chi connectivity index (χ2v) is 3.90. The quantitative estimate of drug-likeness (QED) is 0.733. The minimum atomic E-state index is -0.912. The van der Waals surface area contributed by atoms with Gasteiger partial charge in [-0.25, -0.2) is 4.39 Å². The van der Waals surface area contributed by atoms with Crippen LogP contribution in [0.2, 0.25) is 0 Å². The van der Waals surface area contributed by atoms with Gasteiger partial charge in [-0.1, -0.05) is 12.1 Å². The standard InChI is InChI=1S/C8H12FN3O/c1-8(3-6(8)9)7(13)5-4-12(2)11-10-5/h4,6-7,13H,3H2,1-2H3. The van der Waals surface area contributed by atoms with Gasteiger partial charge in [0.1, 0.15) is 18.0 Å². The number of hydrogen-bond donors (Lipinski definition) is 1. The van der Waals surface area contributed by atoms with Gasteiger partial charge in [-0.3, -0.25) is 4.68 Å². The molecule has 1 aliphatic carbocycles. The molecule has 1 fully saturated rings. The third-order valence-electron chi connectivity index (χ3n) is 2.70. The summed E-state index contributed by atoms with van der Waals surface area (Å²) >= 11 is 0. The molecular formula is C8H12FN3O. The Morgan fingerprint density at radius 1 is 1.85 bits per heavy atom. The molecular weight excluding hydrogens is 173 g/mol. The first kappa shape index (κ1) is 8.62. The van der Waals surface area contributed by atoms with Crippen molar-refractivity contribution in [3.63, 3.8) is 0 Å². The van der Waals surface area contributed by atoms with Gasteiger partial charge < -0.3 is 5.11 Å². The molecule has 1 N–H and O–H groups in total. The number of hydrogen-bond acceptors (Lipinski definition) is 3. The molecule has 0 aliphatic heterocycles. The van der Waals surface area contributed by atoms with Crippen LogP contribution >= 0.6 is 0 Å². The Morgan fingerprint density at radius 2 is 2.46 bits per heavy atom. The minimum Gasteiger partial charge on any atom is -0.386 e. The lowest BCUT2D eigenvalue weighted by Gasteiger charge is -2.13. The summed E-state index contributed by atoms with van der Waals surface area (Å²) in [7, 11) is 1.71. The summed E-state index contributed by atoms with van der Waals surface area (Å²) in [5, 5.41) is 17.2. The highest BCUT2D eigenvalue weighted by Crippen LogP contribution is 2.56. The van der Waals surface area contributed by atoms with Crippen LogP contribution in [-0.2, 0) is 7.05 Å². The molecule has 0 amide bonds. The fourth-order valence-corrected chi connectivity index (χ4v) is 1.44. The van der Waals surface area contributed by atoms with E-state index in [-0.39, 0.29) is 0 Å². The monoisotopic (exact) mass is 185 g/mol. The zero-order chi connectivity index (χ0) is 9.64. The highest BCUT2D eigenvalue weighted by molar-refractivity contribution is 5.13. The fraction of sp³-hybridized carbons (Fsp3) is 0.750. The summed E-state index contributed by atoms with van der Waals surface area (Å²) in [6.07, 6.45) is 0.270. The summed E-state index contributed by atoms with van der Waals surface area (Å²) in [5.41, 5.74) is -0.194. The average Bonchev–Trinajstić information content (AvgIpc) is 2.51. The molecule has 5 heteroatoms. The van der Waals surface area contributed by atoms with Gasteiger partial charge in [-0.05, 0) is 6.42 Å². The Balaban J connectivity index is 2.18. The van der Waals surface area contributed by atoms with E-state index < -0.39 is 17.7 Å². The number of alkyl halides is 1. The van der Waals surface area contributed by atoms with Crippen molar-refractivity contribution in [1.29, 1.82) is 0 Å². The Kier molecular flexibility index (Phi) is 1.66. The Hall–Kier alpha value is -0.970. The van der Waals surface area contributed by atoms with Crippen molar-refractivity contribution in [2.45, 2.75) is 25.6 Å². The van der Waals surface area contributed by atoms with Gasteiger partial charge in [0, 0.05) is 12.5 Å². The van der Waals surface area contributed by atoms with Crippen molar-refractivity contribution >= 4 is 0 Å². The molecule has 1 heterocycles. The van der Waals surface area contributed by atoms with E-state index in [9.17, 15) is 9.50 Å². The highest BCUT2D eigenvalue weighted by atomic mass is 19.1. The van der Waals surface area contributed by atoms with Crippen molar-refractivity contribution in [2.75, 3.05) is 0 Å². The van der Waals surface area contributed by atoms with Crippen LogP contribution in [0.4, 0.5) is 4.39 Å². The van der Waals surface area contributed by atoms with E-state index >= 15 is 0 Å². The zero-order valence-electron chi connectivity index (χ0n) is 7.61. The number of aliphatic hydroxyl groups is 1. The maximum absolute atomic E-state index is 12.9. The Morgan fingerprint density at radius 3 is 2.85 bits per heavy atom. The summed E-state index contributed by atoms with van der Waals surface area (Å²) in [6.45, 7) is 1.72. The lowest BCUT2D eigenvalue weighted by atomic mass is 9.99. The molecule has 0 bridgehead atoms. The molecule has 2 rings (SSSR count). The third kappa shape index (κ3) is 1.23. The van der Waals surface area contributed by atoms with E-state index in [1.165, 1.54) is 4.68 Å². The molecule has 13 heavy (non-hydrogen) atoms. The van der Waals surface area contributed by atoms with Gasteiger partial charge in [0.25, 0.3) is 0 Å². The molecule has 3 unspecified atom stereocenters. The summed E-state index contributed by atoms with van der Waals surface area (Å²) < 4.78 is 14.4. The van der Waals surface area contributed by atoms with Gasteiger partial charge in [-0.15, -0.1) is 5.10 Å². The van der Waals surface area contributed by atoms with Gasteiger partial charge in [0.05, 0.1) is 6.20 Å². The number of aliphatic hydroxyl groups excluding tert-OH is 1. The first-order valence-corrected chi connectivity index (χ1v) is 4.22. The number of halogens is 1. The first-order chi connectivity index (χ1) is 6.04. The maximum atomic E-state index is 12.9. The Bertz CT molecular complexity index is 327. The zero-order valence-corrected chi connectivity index (χ0v) is 7.61. The van der Waals surface area contributed by atoms with E-state index in [1.54, 1.807) is 20.2 Å². The Labute approximate surface area is 75.4 Å². The average molecular weight is 185 g/mol. The number of nitrogens with zero attached hydrogens (tertiary/aromatic N) is 3. The molecule has 0 radical (unpaired) electrons. The molecule has 1 aromatic rings. The molecule has 1 saturated carbocycles. The SMILES string of the molecule is Cn1cc(C(O)C2(C)CC2F)nn1. The maximum Gasteiger partial charge on any atom is 0.112 e. The highest BCUT2D eigenvalue weighted by Gasteiger charge is 2.57. The largest absolute Gasteiger partial charge is 0.386 e. The molecule has 1 aliphatic rings. The molecule has 3 atom stereocenters. The smallest absolute Gasteiger partial charge is 0.112 e. The lowest BCUT2D eigenvalue weighted by Crippen LogP contribution is -2.13. The molecule has 0 spiro atoms. The van der Waals surface area contributed by atoms with Gasteiger partial charge in [0.15, 0.2) is 0 Å². The van der Waals surface area contributed by atoms with E-state index in [2.05, 4.69) is 10.3 Å². The van der Waals surface area contributed by atoms with Crippen molar-refractivity contribution in [2.24, 2.45) is 12.5 Å². The van der Waals surface area contributed by atoms with Crippen molar-refractivity contribution in [3.05, 3.63) is 11.9 Å². The lowest BCUT2D eigenvalue weighted by molar-refractivity contribution is 0.0834. The van der Waals surface area contributed by atoms with Crippen molar-refractivity contribution in [1.82, 2.24) is 15.0 Å². The molecule has 0 aromatic carbocycles. The molecule has 1 aromatic heterocycles. The van der Waals surface area contributed by atoms with Crippen molar-refractivity contribution < 1.29 is 9.50 Å². The van der Waals surface area contributed by atoms with Crippen LogP contribution in [0, 0.1) is 5.41 Å². The fourth-order valence-electron chi connectivity index (χ4n) is 1.44. The van der Waals surface area contributed by atoms with Crippen LogP contribution in [0.3, 0.4) is 0 Å². The number of rotatable bonds is 2. The predicted octanol–water partition coefficient (Wildman–Crippen LogP) is 0.597. The molecule has 4 nitrogen and oxygen atoms in total. The normalized spacial score (nSPS) is 34.6. The van der Waals surface area contributed by atoms with Crippen LogP contribution in [-0.4, -0.2) is 26.3 Å². The number of aromatic nitrogens is 3. The molecule has 72 valence electrons. The van der Waals surface area contributed by atoms with E-state index in [4.69, 9.17) is 0 Å². The van der Waals surface area contributed by atoms with Gasteiger partial charge in [-0.2, -0.15) is 0 Å². The van der Waals surface area contributed by atoms with Crippen LogP contribution in [0.15, 0.2) is 6.20 Å². The second kappa shape index (κ2) is 2.51. The third-order valence-corrected chi connectivity index (χ3v) is 2.70. The van der Waals surface area contributed by atoms with Gasteiger partial charge in [0.2, 0.25) is 0 Å². The minimum absolute atomic E-state index is 0.407. The number of aryl methyl sites for hydroxylation is 1. The van der Waals surface area contributed by atoms with E-state index in [0.29, 0.717) is 12.1 Å². The summed E-state index contributed by atoms with van der Waals surface area (Å²) in [6, 6.07) is 0. The predicted molar refractivity (Wildman–Crippen MR) is 43.6 cm³/mol. The van der Waals surface area contributed by atoms with Gasteiger partial charge >= 0.3 is 0 Å². The van der Waals surface area contributed by atoms with E-state index in [1.807, 2.05) is 0 Å². The topological polar surface area (TPSA) is 50.9 Å². The summed E-state index contributed by atoms with van der Waals surface area (Å²) in [4.78, 5) is 0.